The lowest BCUT2D eigenvalue weighted by Crippen LogP contribution is -2.31. The lowest BCUT2D eigenvalue weighted by atomic mass is 9.98. The van der Waals surface area contributed by atoms with Crippen LogP contribution < -0.4 is 10.6 Å². The minimum atomic E-state index is -1.58. The van der Waals surface area contributed by atoms with E-state index in [1.54, 1.807) is 7.05 Å². The number of aromatic nitrogens is 2. The number of nitrogens with zero attached hydrogens (tertiary/aromatic N) is 2. The number of hydrogen-bond acceptors (Lipinski definition) is 6. The van der Waals surface area contributed by atoms with Gasteiger partial charge in [0.15, 0.2) is 11.8 Å². The third-order valence-corrected chi connectivity index (χ3v) is 5.61. The second kappa shape index (κ2) is 9.75. The number of amides is 2. The number of nitrogens with one attached hydrogen (secondary N) is 2. The monoisotopic (exact) mass is 464 g/mol. The molecule has 4 rings (SSSR count). The topological polar surface area (TPSA) is 143 Å². The summed E-state index contributed by atoms with van der Waals surface area (Å²) in [7, 11) is 1.59. The zero-order chi connectivity index (χ0) is 24.2. The molecule has 1 atom stereocenters. The van der Waals surface area contributed by atoms with E-state index in [1.807, 2.05) is 48.5 Å². The highest BCUT2D eigenvalue weighted by atomic mass is 16.5. The number of carbonyl (C=O) groups is 3. The number of ether oxygens (including phenoxy) is 1. The zero-order valence-electron chi connectivity index (χ0n) is 18.4. The molecule has 10 nitrogen and oxygen atoms in total. The maximum Gasteiger partial charge on any atom is 0.411 e. The van der Waals surface area contributed by atoms with Crippen molar-refractivity contribution in [3.05, 3.63) is 71.5 Å². The van der Waals surface area contributed by atoms with Gasteiger partial charge in [0.2, 0.25) is 0 Å². The minimum absolute atomic E-state index is 0.0548. The average molecular weight is 464 g/mol. The molecule has 0 spiro atoms. The van der Waals surface area contributed by atoms with Gasteiger partial charge in [0.05, 0.1) is 5.69 Å². The molecule has 0 aliphatic heterocycles. The van der Waals surface area contributed by atoms with Crippen molar-refractivity contribution in [2.24, 2.45) is 7.05 Å². The van der Waals surface area contributed by atoms with E-state index < -0.39 is 24.1 Å². The van der Waals surface area contributed by atoms with Gasteiger partial charge in [-0.25, -0.2) is 9.59 Å². The first-order valence-electron chi connectivity index (χ1n) is 10.7. The van der Waals surface area contributed by atoms with E-state index in [-0.39, 0.29) is 36.9 Å². The van der Waals surface area contributed by atoms with Gasteiger partial charge in [-0.3, -0.25) is 14.8 Å². The standard InChI is InChI=1S/C24H24N4O6/c1-28-12-19(21(27-28)22(30)25-11-10-20(29)23(31)32)26-24(33)34-13-18-16-8-4-2-6-14(16)15-7-3-5-9-17(15)18/h2-9,12,18,20,29H,10-11,13H2,1H3,(H,25,30)(H,26,33)(H,31,32). The predicted octanol–water partition coefficient (Wildman–Crippen LogP) is 2.35. The molecule has 4 N–H and O–H groups in total. The van der Waals surface area contributed by atoms with Crippen molar-refractivity contribution in [1.29, 1.82) is 0 Å². The maximum atomic E-state index is 12.6. The molecule has 1 unspecified atom stereocenters. The molecule has 2 amide bonds. The Balaban J connectivity index is 1.39. The van der Waals surface area contributed by atoms with E-state index in [0.29, 0.717) is 0 Å². The molecule has 34 heavy (non-hydrogen) atoms. The van der Waals surface area contributed by atoms with Gasteiger partial charge in [-0.1, -0.05) is 48.5 Å². The van der Waals surface area contributed by atoms with Crippen LogP contribution in [0.15, 0.2) is 54.7 Å². The number of anilines is 1. The average Bonchev–Trinajstić information content (AvgIpc) is 3.34. The summed E-state index contributed by atoms with van der Waals surface area (Å²) in [6, 6.07) is 16.0. The number of aliphatic hydroxyl groups excluding tert-OH is 1. The number of aliphatic hydroxyl groups is 1. The first kappa shape index (κ1) is 23.0. The molecule has 0 saturated carbocycles. The van der Waals surface area contributed by atoms with Gasteiger partial charge < -0.3 is 20.3 Å². The lowest BCUT2D eigenvalue weighted by molar-refractivity contribution is -0.146. The summed E-state index contributed by atoms with van der Waals surface area (Å²) in [5.41, 5.74) is 4.50. The Kier molecular flexibility index (Phi) is 6.60. The number of fused-ring (bicyclic) bond motifs is 3. The van der Waals surface area contributed by atoms with Gasteiger partial charge >= 0.3 is 12.1 Å². The van der Waals surface area contributed by atoms with Crippen LogP contribution >= 0.6 is 0 Å². The van der Waals surface area contributed by atoms with E-state index in [1.165, 1.54) is 10.9 Å². The SMILES string of the molecule is Cn1cc(NC(=O)OCC2c3ccccc3-c3ccccc32)c(C(=O)NCCC(O)C(=O)O)n1. The number of hydrogen-bond donors (Lipinski definition) is 4. The number of benzene rings is 2. The Labute approximate surface area is 195 Å². The zero-order valence-corrected chi connectivity index (χ0v) is 18.4. The summed E-state index contributed by atoms with van der Waals surface area (Å²) >= 11 is 0. The predicted molar refractivity (Wildman–Crippen MR) is 122 cm³/mol. The lowest BCUT2D eigenvalue weighted by Gasteiger charge is -2.14. The minimum Gasteiger partial charge on any atom is -0.479 e. The molecule has 1 aromatic heterocycles. The summed E-state index contributed by atoms with van der Waals surface area (Å²) in [5.74, 6) is -2.09. The van der Waals surface area contributed by atoms with E-state index in [0.717, 1.165) is 22.3 Å². The number of rotatable bonds is 8. The summed E-state index contributed by atoms with van der Waals surface area (Å²) in [5, 5.41) is 27.1. The third kappa shape index (κ3) is 4.76. The first-order valence-corrected chi connectivity index (χ1v) is 10.7. The first-order chi connectivity index (χ1) is 16.3. The van der Waals surface area contributed by atoms with Crippen molar-refractivity contribution in [1.82, 2.24) is 15.1 Å². The molecule has 10 heteroatoms. The molecule has 0 fully saturated rings. The van der Waals surface area contributed by atoms with Crippen molar-refractivity contribution in [3.63, 3.8) is 0 Å². The number of carbonyl (C=O) groups excluding carboxylic acids is 2. The number of carboxylic acid groups (broad SMARTS) is 1. The van der Waals surface area contributed by atoms with Gasteiger partial charge in [-0.2, -0.15) is 5.10 Å². The molecular weight excluding hydrogens is 440 g/mol. The fraction of sp³-hybridized carbons (Fsp3) is 0.250. The Morgan fingerprint density at radius 1 is 1.09 bits per heavy atom. The van der Waals surface area contributed by atoms with Gasteiger partial charge in [-0.05, 0) is 22.3 Å². The summed E-state index contributed by atoms with van der Waals surface area (Å²) in [6.45, 7) is 0.0436. The largest absolute Gasteiger partial charge is 0.479 e. The van der Waals surface area contributed by atoms with Gasteiger partial charge in [-0.15, -0.1) is 0 Å². The van der Waals surface area contributed by atoms with Crippen LogP contribution in [0.2, 0.25) is 0 Å². The van der Waals surface area contributed by atoms with Crippen LogP contribution in [0.25, 0.3) is 11.1 Å². The third-order valence-electron chi connectivity index (χ3n) is 5.61. The van der Waals surface area contributed by atoms with Gasteiger partial charge in [0, 0.05) is 32.1 Å². The van der Waals surface area contributed by atoms with Gasteiger partial charge in [0.1, 0.15) is 6.61 Å². The molecule has 1 aliphatic carbocycles. The van der Waals surface area contributed by atoms with Crippen LogP contribution in [0, 0.1) is 0 Å². The molecule has 176 valence electrons. The molecular formula is C24H24N4O6. The van der Waals surface area contributed by atoms with E-state index in [4.69, 9.17) is 9.84 Å². The van der Waals surface area contributed by atoms with Crippen LogP contribution in [0.1, 0.15) is 34.0 Å². The molecule has 2 aromatic carbocycles. The molecule has 0 saturated heterocycles. The number of aliphatic carboxylic acids is 1. The van der Waals surface area contributed by atoms with Crippen molar-refractivity contribution in [3.8, 4) is 11.1 Å². The van der Waals surface area contributed by atoms with Crippen LogP contribution in [0.5, 0.6) is 0 Å². The van der Waals surface area contributed by atoms with Crippen LogP contribution in [0.3, 0.4) is 0 Å². The van der Waals surface area contributed by atoms with Crippen LogP contribution in [-0.4, -0.2) is 57.2 Å². The van der Waals surface area contributed by atoms with Crippen molar-refractivity contribution < 1.29 is 29.3 Å². The normalized spacial score (nSPS) is 13.0. The highest BCUT2D eigenvalue weighted by Crippen LogP contribution is 2.44. The van der Waals surface area contributed by atoms with Crippen LogP contribution in [-0.2, 0) is 16.6 Å². The Bertz CT molecular complexity index is 1190. The maximum absolute atomic E-state index is 12.6. The van der Waals surface area contributed by atoms with Gasteiger partial charge in [0.25, 0.3) is 5.91 Å². The van der Waals surface area contributed by atoms with Crippen molar-refractivity contribution >= 4 is 23.7 Å². The molecule has 1 heterocycles. The second-order valence-electron chi connectivity index (χ2n) is 7.91. The molecule has 3 aromatic rings. The highest BCUT2D eigenvalue weighted by Gasteiger charge is 2.29. The number of aryl methyl sites for hydroxylation is 1. The highest BCUT2D eigenvalue weighted by molar-refractivity contribution is 6.00. The van der Waals surface area contributed by atoms with Crippen molar-refractivity contribution in [2.45, 2.75) is 18.4 Å². The van der Waals surface area contributed by atoms with Crippen molar-refractivity contribution in [2.75, 3.05) is 18.5 Å². The molecule has 0 bridgehead atoms. The fourth-order valence-electron chi connectivity index (χ4n) is 4.02. The van der Waals surface area contributed by atoms with E-state index in [9.17, 15) is 19.5 Å². The summed E-state index contributed by atoms with van der Waals surface area (Å²) in [4.78, 5) is 35.7. The number of carboxylic acids is 1. The summed E-state index contributed by atoms with van der Waals surface area (Å²) < 4.78 is 6.87. The smallest absolute Gasteiger partial charge is 0.411 e. The summed E-state index contributed by atoms with van der Waals surface area (Å²) in [6.07, 6.45) is -1.02. The molecule has 1 aliphatic rings. The Morgan fingerprint density at radius 2 is 1.71 bits per heavy atom. The van der Waals surface area contributed by atoms with E-state index in [2.05, 4.69) is 15.7 Å². The van der Waals surface area contributed by atoms with Crippen LogP contribution in [0.4, 0.5) is 10.5 Å². The Hall–Kier alpha value is -4.18. The fourth-order valence-corrected chi connectivity index (χ4v) is 4.02. The second-order valence-corrected chi connectivity index (χ2v) is 7.91. The molecule has 0 radical (unpaired) electrons. The van der Waals surface area contributed by atoms with E-state index >= 15 is 0 Å². The Morgan fingerprint density at radius 3 is 2.32 bits per heavy atom. The quantitative estimate of drug-likeness (QED) is 0.401.